The molecule has 8 unspecified atom stereocenters. The first-order valence-electron chi connectivity index (χ1n) is 24.1. The standard InChI is InChI=1S/C55H72O7/c1-7-55(35-59-36-55)34-58-31-32-60-44-20-22-45(23-21-44)61-51(56)41-15-11-39(12-16-41)40-13-17-42(18-14-40)52(57)62-46-27-29-53(5)43(33-46)19-24-47-49-26-25-48(38(4)10-8-9-37(2)3)54(49,6)30-28-50(47)53/h11-23,37-38,46-50H,7-10,24-36H2,1-6H3. The van der Waals surface area contributed by atoms with Crippen LogP contribution in [0.25, 0.3) is 11.1 Å². The van der Waals surface area contributed by atoms with Crippen molar-refractivity contribution in [2.24, 2.45) is 51.8 Å². The first-order valence-corrected chi connectivity index (χ1v) is 24.1. The number of hydrogen-bond acceptors (Lipinski definition) is 7. The third kappa shape index (κ3) is 9.46. The maximum Gasteiger partial charge on any atom is 0.343 e. The van der Waals surface area contributed by atoms with Crippen LogP contribution in [0.15, 0.2) is 84.4 Å². The Kier molecular flexibility index (Phi) is 13.7. The predicted molar refractivity (Wildman–Crippen MR) is 245 cm³/mol. The van der Waals surface area contributed by atoms with Gasteiger partial charge < -0.3 is 23.7 Å². The molecule has 0 N–H and O–H groups in total. The summed E-state index contributed by atoms with van der Waals surface area (Å²) in [7, 11) is 0. The van der Waals surface area contributed by atoms with E-state index in [4.69, 9.17) is 23.7 Å². The van der Waals surface area contributed by atoms with Crippen molar-refractivity contribution >= 4 is 11.9 Å². The molecule has 1 saturated heterocycles. The molecule has 0 radical (unpaired) electrons. The molecule has 7 nitrogen and oxygen atoms in total. The van der Waals surface area contributed by atoms with Crippen molar-refractivity contribution < 1.29 is 33.3 Å². The first-order chi connectivity index (χ1) is 29.9. The van der Waals surface area contributed by atoms with Gasteiger partial charge in [0.25, 0.3) is 0 Å². The van der Waals surface area contributed by atoms with Crippen LogP contribution in [-0.4, -0.2) is 51.1 Å². The number of carbonyl (C=O) groups is 2. The molecule has 8 rings (SSSR count). The van der Waals surface area contributed by atoms with E-state index < -0.39 is 5.97 Å². The van der Waals surface area contributed by atoms with Gasteiger partial charge in [-0.3, -0.25) is 0 Å². The van der Waals surface area contributed by atoms with Gasteiger partial charge in [0, 0.05) is 11.8 Å². The fourth-order valence-electron chi connectivity index (χ4n) is 12.6. The summed E-state index contributed by atoms with van der Waals surface area (Å²) in [5.41, 5.74) is 5.34. The van der Waals surface area contributed by atoms with Crippen molar-refractivity contribution in [1.82, 2.24) is 0 Å². The summed E-state index contributed by atoms with van der Waals surface area (Å²) in [5.74, 6) is 5.35. The van der Waals surface area contributed by atoms with Crippen LogP contribution in [0.1, 0.15) is 139 Å². The summed E-state index contributed by atoms with van der Waals surface area (Å²) in [5, 5.41) is 0. The summed E-state index contributed by atoms with van der Waals surface area (Å²) in [4.78, 5) is 26.4. The lowest BCUT2D eigenvalue weighted by Crippen LogP contribution is -2.51. The van der Waals surface area contributed by atoms with Gasteiger partial charge in [-0.25, -0.2) is 9.59 Å². The quantitative estimate of drug-likeness (QED) is 0.0579. The molecule has 8 atom stereocenters. The highest BCUT2D eigenvalue weighted by Crippen LogP contribution is 2.67. The van der Waals surface area contributed by atoms with Crippen molar-refractivity contribution in [2.45, 2.75) is 125 Å². The van der Waals surface area contributed by atoms with Crippen LogP contribution in [0.2, 0.25) is 0 Å². The van der Waals surface area contributed by atoms with Crippen molar-refractivity contribution in [3.8, 4) is 22.6 Å². The van der Waals surface area contributed by atoms with Crippen LogP contribution in [-0.2, 0) is 14.2 Å². The molecule has 3 aromatic rings. The Hall–Kier alpha value is -3.94. The third-order valence-electron chi connectivity index (χ3n) is 16.6. The minimum Gasteiger partial charge on any atom is -0.491 e. The molecule has 3 saturated carbocycles. The third-order valence-corrected chi connectivity index (χ3v) is 16.6. The number of ether oxygens (including phenoxy) is 5. The molecule has 0 amide bonds. The Labute approximate surface area is 371 Å². The molecule has 4 fully saturated rings. The minimum atomic E-state index is -0.435. The van der Waals surface area contributed by atoms with Crippen LogP contribution in [0, 0.1) is 51.8 Å². The molecule has 1 heterocycles. The zero-order chi connectivity index (χ0) is 43.5. The second-order valence-electron chi connectivity index (χ2n) is 20.8. The Bertz CT molecular complexity index is 2010. The van der Waals surface area contributed by atoms with Crippen molar-refractivity contribution in [3.63, 3.8) is 0 Å². The minimum absolute atomic E-state index is 0.0793. The van der Waals surface area contributed by atoms with Gasteiger partial charge >= 0.3 is 11.9 Å². The SMILES string of the molecule is CCC1(COCCOc2ccc(OC(=O)c3ccc(-c4ccc(C(=O)OC5CCC6(C)C(=CCC7C6CCC6(C)C(C(C)CCCC(C)C)CCC76)C5)cc4)cc3)cc2)COC1. The fourth-order valence-corrected chi connectivity index (χ4v) is 12.6. The van der Waals surface area contributed by atoms with E-state index in [1.807, 2.05) is 36.4 Å². The summed E-state index contributed by atoms with van der Waals surface area (Å²) in [6, 6.07) is 22.0. The average molecular weight is 845 g/mol. The molecule has 62 heavy (non-hydrogen) atoms. The second-order valence-corrected chi connectivity index (χ2v) is 20.8. The number of allylic oxidation sites excluding steroid dienone is 1. The summed E-state index contributed by atoms with van der Waals surface area (Å²) in [6.45, 7) is 17.8. The van der Waals surface area contributed by atoms with E-state index in [-0.39, 0.29) is 22.9 Å². The topological polar surface area (TPSA) is 80.3 Å². The molecular formula is C55H72O7. The average Bonchev–Trinajstić information content (AvgIpc) is 3.62. The van der Waals surface area contributed by atoms with E-state index in [1.165, 1.54) is 51.4 Å². The van der Waals surface area contributed by atoms with Crippen LogP contribution in [0.5, 0.6) is 11.5 Å². The Morgan fingerprint density at radius 2 is 1.44 bits per heavy atom. The van der Waals surface area contributed by atoms with E-state index in [9.17, 15) is 9.59 Å². The summed E-state index contributed by atoms with van der Waals surface area (Å²) in [6.07, 6.45) is 17.3. The Morgan fingerprint density at radius 3 is 2.08 bits per heavy atom. The molecule has 3 aromatic carbocycles. The molecule has 0 spiro atoms. The van der Waals surface area contributed by atoms with Gasteiger partial charge in [0.1, 0.15) is 24.2 Å². The monoisotopic (exact) mass is 845 g/mol. The van der Waals surface area contributed by atoms with Gasteiger partial charge in [-0.05, 0) is 157 Å². The highest BCUT2D eigenvalue weighted by atomic mass is 16.5. The second kappa shape index (κ2) is 19.0. The maximum atomic E-state index is 13.5. The van der Waals surface area contributed by atoms with Crippen LogP contribution < -0.4 is 9.47 Å². The summed E-state index contributed by atoms with van der Waals surface area (Å²) < 4.78 is 28.8. The van der Waals surface area contributed by atoms with Gasteiger partial charge in [0.15, 0.2) is 0 Å². The van der Waals surface area contributed by atoms with Crippen molar-refractivity contribution in [3.05, 3.63) is 95.6 Å². The number of rotatable bonds is 17. The van der Waals surface area contributed by atoms with E-state index >= 15 is 0 Å². The first kappa shape index (κ1) is 44.7. The molecule has 0 bridgehead atoms. The number of benzene rings is 3. The van der Waals surface area contributed by atoms with Crippen molar-refractivity contribution in [2.75, 3.05) is 33.0 Å². The summed E-state index contributed by atoms with van der Waals surface area (Å²) >= 11 is 0. The Balaban J connectivity index is 0.794. The number of hydrogen-bond donors (Lipinski definition) is 0. The van der Waals surface area contributed by atoms with Gasteiger partial charge in [-0.15, -0.1) is 0 Å². The highest BCUT2D eigenvalue weighted by Gasteiger charge is 2.59. The van der Waals surface area contributed by atoms with Gasteiger partial charge in [0.05, 0.1) is 37.6 Å². The van der Waals surface area contributed by atoms with Crippen LogP contribution in [0.3, 0.4) is 0 Å². The smallest absolute Gasteiger partial charge is 0.343 e. The predicted octanol–water partition coefficient (Wildman–Crippen LogP) is 13.0. The lowest BCUT2D eigenvalue weighted by atomic mass is 9.47. The van der Waals surface area contributed by atoms with Crippen molar-refractivity contribution in [1.29, 1.82) is 0 Å². The molecule has 4 aliphatic carbocycles. The van der Waals surface area contributed by atoms with Gasteiger partial charge in [-0.1, -0.05) is 96.7 Å². The number of fused-ring (bicyclic) bond motifs is 5. The van der Waals surface area contributed by atoms with E-state index in [1.54, 1.807) is 42.0 Å². The molecule has 0 aromatic heterocycles. The van der Waals surface area contributed by atoms with E-state index in [2.05, 4.69) is 47.6 Å². The van der Waals surface area contributed by atoms with Crippen LogP contribution in [0.4, 0.5) is 0 Å². The zero-order valence-corrected chi connectivity index (χ0v) is 38.4. The molecule has 7 heteroatoms. The maximum absolute atomic E-state index is 13.5. The largest absolute Gasteiger partial charge is 0.491 e. The van der Waals surface area contributed by atoms with E-state index in [0.717, 1.165) is 85.5 Å². The number of esters is 2. The van der Waals surface area contributed by atoms with Gasteiger partial charge in [0.2, 0.25) is 0 Å². The molecule has 1 aliphatic heterocycles. The highest BCUT2D eigenvalue weighted by molar-refractivity contribution is 5.92. The molecular weight excluding hydrogens is 773 g/mol. The molecule has 5 aliphatic rings. The Morgan fingerprint density at radius 1 is 0.758 bits per heavy atom. The lowest BCUT2D eigenvalue weighted by Gasteiger charge is -2.58. The lowest BCUT2D eigenvalue weighted by molar-refractivity contribution is -0.151. The number of carbonyl (C=O) groups excluding carboxylic acids is 2. The van der Waals surface area contributed by atoms with Crippen LogP contribution >= 0.6 is 0 Å². The van der Waals surface area contributed by atoms with E-state index in [0.29, 0.717) is 47.9 Å². The fraction of sp³-hybridized carbons (Fsp3) is 0.600. The zero-order valence-electron chi connectivity index (χ0n) is 38.4. The van der Waals surface area contributed by atoms with Gasteiger partial charge in [-0.2, -0.15) is 0 Å². The molecule has 334 valence electrons. The normalized spacial score (nSPS) is 29.0.